The van der Waals surface area contributed by atoms with Crippen molar-refractivity contribution in [2.75, 3.05) is 0 Å². The molecule has 0 spiro atoms. The second-order valence-corrected chi connectivity index (χ2v) is 3.54. The van der Waals surface area contributed by atoms with Gasteiger partial charge in [-0.2, -0.15) is 10.2 Å². The van der Waals surface area contributed by atoms with E-state index in [4.69, 9.17) is 9.78 Å². The molecule has 2 rings (SSSR count). The highest BCUT2D eigenvalue weighted by Crippen LogP contribution is 2.16. The summed E-state index contributed by atoms with van der Waals surface area (Å²) in [6.07, 6.45) is 0.908. The molecule has 1 aromatic heterocycles. The molecule has 0 saturated carbocycles. The molecule has 0 saturated heterocycles. The minimum atomic E-state index is 0.398. The summed E-state index contributed by atoms with van der Waals surface area (Å²) < 4.78 is 5.04. The van der Waals surface area contributed by atoms with Crippen molar-refractivity contribution in [3.8, 4) is 17.5 Å². The molecule has 0 N–H and O–H groups in total. The van der Waals surface area contributed by atoms with Gasteiger partial charge in [-0.25, -0.2) is 0 Å². The Hall–Kier alpha value is -2.15. The quantitative estimate of drug-likeness (QED) is 0.785. The zero-order chi connectivity index (χ0) is 11.4. The topological polar surface area (TPSA) is 62.7 Å². The maximum absolute atomic E-state index is 8.44. The molecule has 1 aromatic carbocycles. The van der Waals surface area contributed by atoms with Crippen LogP contribution in [0, 0.1) is 18.3 Å². The maximum Gasteiger partial charge on any atom is 0.227 e. The van der Waals surface area contributed by atoms with Crippen LogP contribution in [0.3, 0.4) is 0 Å². The van der Waals surface area contributed by atoms with E-state index in [1.165, 1.54) is 5.56 Å². The Morgan fingerprint density at radius 1 is 1.31 bits per heavy atom. The van der Waals surface area contributed by atoms with Crippen molar-refractivity contribution in [3.05, 3.63) is 35.7 Å². The number of aryl methyl sites for hydroxylation is 2. The van der Waals surface area contributed by atoms with Crippen LogP contribution in [0.15, 0.2) is 28.8 Å². The number of benzene rings is 1. The first-order valence-corrected chi connectivity index (χ1v) is 5.06. The molecule has 80 valence electrons. The van der Waals surface area contributed by atoms with Gasteiger partial charge in [-0.3, -0.25) is 0 Å². The summed E-state index contributed by atoms with van der Waals surface area (Å²) in [6, 6.07) is 9.95. The van der Waals surface area contributed by atoms with Crippen molar-refractivity contribution in [1.29, 1.82) is 5.26 Å². The molecule has 0 amide bonds. The molecule has 0 aliphatic heterocycles. The molecular weight excluding hydrogens is 202 g/mol. The Labute approximate surface area is 93.5 Å². The predicted molar refractivity (Wildman–Crippen MR) is 58.4 cm³/mol. The van der Waals surface area contributed by atoms with Gasteiger partial charge < -0.3 is 4.52 Å². The van der Waals surface area contributed by atoms with E-state index in [1.807, 2.05) is 37.3 Å². The highest BCUT2D eigenvalue weighted by atomic mass is 16.5. The van der Waals surface area contributed by atoms with Gasteiger partial charge in [-0.05, 0) is 6.92 Å². The first-order chi connectivity index (χ1) is 7.79. The van der Waals surface area contributed by atoms with Gasteiger partial charge in [0.05, 0.1) is 6.07 Å². The van der Waals surface area contributed by atoms with Gasteiger partial charge in [-0.1, -0.05) is 35.0 Å². The minimum Gasteiger partial charge on any atom is -0.339 e. The Bertz CT molecular complexity index is 508. The van der Waals surface area contributed by atoms with Crippen LogP contribution in [0.2, 0.25) is 0 Å². The normalized spacial score (nSPS) is 10.0. The first kappa shape index (κ1) is 10.4. The number of aromatic nitrogens is 2. The number of nitriles is 1. The SMILES string of the molecule is Cc1ccc(-c2noc(CCC#N)n2)cc1. The summed E-state index contributed by atoms with van der Waals surface area (Å²) in [6.45, 7) is 2.03. The standard InChI is InChI=1S/C12H11N3O/c1-9-4-6-10(7-5-9)12-14-11(16-15-12)3-2-8-13/h4-7H,2-3H2,1H3. The van der Waals surface area contributed by atoms with Gasteiger partial charge in [0.25, 0.3) is 0 Å². The molecule has 4 heteroatoms. The summed E-state index contributed by atoms with van der Waals surface area (Å²) in [5.41, 5.74) is 2.12. The van der Waals surface area contributed by atoms with Gasteiger partial charge in [0, 0.05) is 18.4 Å². The smallest absolute Gasteiger partial charge is 0.227 e. The lowest BCUT2D eigenvalue weighted by Gasteiger charge is -1.94. The molecule has 1 heterocycles. The van der Waals surface area contributed by atoms with E-state index in [-0.39, 0.29) is 0 Å². The van der Waals surface area contributed by atoms with E-state index in [0.717, 1.165) is 5.56 Å². The summed E-state index contributed by atoms with van der Waals surface area (Å²) in [5.74, 6) is 1.09. The van der Waals surface area contributed by atoms with Crippen LogP contribution in [0.5, 0.6) is 0 Å². The maximum atomic E-state index is 8.44. The van der Waals surface area contributed by atoms with Crippen molar-refractivity contribution in [3.63, 3.8) is 0 Å². The van der Waals surface area contributed by atoms with Crippen LogP contribution in [0.25, 0.3) is 11.4 Å². The Kier molecular flexibility index (Phi) is 2.97. The molecule has 0 fully saturated rings. The van der Waals surface area contributed by atoms with Crippen molar-refractivity contribution in [1.82, 2.24) is 10.1 Å². The average molecular weight is 213 g/mol. The van der Waals surface area contributed by atoms with Crippen molar-refractivity contribution in [2.45, 2.75) is 19.8 Å². The molecule has 4 nitrogen and oxygen atoms in total. The van der Waals surface area contributed by atoms with Crippen LogP contribution in [-0.2, 0) is 6.42 Å². The van der Waals surface area contributed by atoms with Crippen LogP contribution < -0.4 is 0 Å². The molecule has 0 atom stereocenters. The van der Waals surface area contributed by atoms with E-state index in [2.05, 4.69) is 10.1 Å². The number of nitrogens with zero attached hydrogens (tertiary/aromatic N) is 3. The summed E-state index contributed by atoms with van der Waals surface area (Å²) in [4.78, 5) is 4.22. The van der Waals surface area contributed by atoms with Gasteiger partial charge >= 0.3 is 0 Å². The molecular formula is C12H11N3O. The third-order valence-electron chi connectivity index (χ3n) is 2.23. The fourth-order valence-electron chi connectivity index (χ4n) is 1.34. The summed E-state index contributed by atoms with van der Waals surface area (Å²) in [5, 5.41) is 12.3. The van der Waals surface area contributed by atoms with Gasteiger partial charge in [0.15, 0.2) is 0 Å². The zero-order valence-electron chi connectivity index (χ0n) is 8.97. The third kappa shape index (κ3) is 2.26. The van der Waals surface area contributed by atoms with Gasteiger partial charge in [0.2, 0.25) is 11.7 Å². The second-order valence-electron chi connectivity index (χ2n) is 3.54. The number of rotatable bonds is 3. The zero-order valence-corrected chi connectivity index (χ0v) is 8.97. The van der Waals surface area contributed by atoms with Crippen molar-refractivity contribution in [2.24, 2.45) is 0 Å². The van der Waals surface area contributed by atoms with Crippen LogP contribution in [-0.4, -0.2) is 10.1 Å². The van der Waals surface area contributed by atoms with Crippen molar-refractivity contribution >= 4 is 0 Å². The molecule has 0 radical (unpaired) electrons. The second kappa shape index (κ2) is 4.58. The highest BCUT2D eigenvalue weighted by Gasteiger charge is 2.07. The van der Waals surface area contributed by atoms with Crippen LogP contribution >= 0.6 is 0 Å². The molecule has 0 aliphatic rings. The largest absolute Gasteiger partial charge is 0.339 e. The average Bonchev–Trinajstić information content (AvgIpc) is 2.76. The van der Waals surface area contributed by atoms with E-state index >= 15 is 0 Å². The molecule has 16 heavy (non-hydrogen) atoms. The fourth-order valence-corrected chi connectivity index (χ4v) is 1.34. The summed E-state index contributed by atoms with van der Waals surface area (Å²) >= 11 is 0. The Morgan fingerprint density at radius 3 is 2.75 bits per heavy atom. The molecule has 0 bridgehead atoms. The van der Waals surface area contributed by atoms with Gasteiger partial charge in [0.1, 0.15) is 0 Å². The third-order valence-corrected chi connectivity index (χ3v) is 2.23. The monoisotopic (exact) mass is 213 g/mol. The molecule has 0 unspecified atom stereocenters. The number of hydrogen-bond donors (Lipinski definition) is 0. The van der Waals surface area contributed by atoms with E-state index < -0.39 is 0 Å². The first-order valence-electron chi connectivity index (χ1n) is 5.06. The lowest BCUT2D eigenvalue weighted by molar-refractivity contribution is 0.380. The van der Waals surface area contributed by atoms with Crippen LogP contribution in [0.4, 0.5) is 0 Å². The van der Waals surface area contributed by atoms with Gasteiger partial charge in [-0.15, -0.1) is 0 Å². The van der Waals surface area contributed by atoms with E-state index in [1.54, 1.807) is 0 Å². The fraction of sp³-hybridized carbons (Fsp3) is 0.250. The van der Waals surface area contributed by atoms with E-state index in [9.17, 15) is 0 Å². The molecule has 2 aromatic rings. The van der Waals surface area contributed by atoms with E-state index in [0.29, 0.717) is 24.6 Å². The Balaban J connectivity index is 2.18. The predicted octanol–water partition coefficient (Wildman–Crippen LogP) is 2.50. The van der Waals surface area contributed by atoms with Crippen molar-refractivity contribution < 1.29 is 4.52 Å². The highest BCUT2D eigenvalue weighted by molar-refractivity contribution is 5.54. The minimum absolute atomic E-state index is 0.398. The molecule has 0 aliphatic carbocycles. The lowest BCUT2D eigenvalue weighted by Crippen LogP contribution is -1.84. The number of hydrogen-bond acceptors (Lipinski definition) is 4. The van der Waals surface area contributed by atoms with Crippen LogP contribution in [0.1, 0.15) is 17.9 Å². The summed E-state index contributed by atoms with van der Waals surface area (Å²) in [7, 11) is 0. The lowest BCUT2D eigenvalue weighted by atomic mass is 10.1. The Morgan fingerprint density at radius 2 is 2.06 bits per heavy atom.